The first-order valence-corrected chi connectivity index (χ1v) is 7.77. The molecule has 2 aliphatic rings. The minimum absolute atomic E-state index is 0.226. The second-order valence-electron chi connectivity index (χ2n) is 6.24. The number of rotatable bonds is 0. The smallest absolute Gasteiger partial charge is 0.148 e. The van der Waals surface area contributed by atoms with Gasteiger partial charge in [0.15, 0.2) is 0 Å². The average molecular weight is 300 g/mol. The Morgan fingerprint density at radius 3 is 2.78 bits per heavy atom. The number of allylic oxidation sites excluding steroid dienone is 1. The lowest BCUT2D eigenvalue weighted by Crippen LogP contribution is -2.31. The zero-order valence-electron chi connectivity index (χ0n) is 13.8. The van der Waals surface area contributed by atoms with E-state index < -0.39 is 0 Å². The molecule has 1 atom stereocenters. The number of pyridine rings is 2. The fourth-order valence-electron chi connectivity index (χ4n) is 3.27. The van der Waals surface area contributed by atoms with Gasteiger partial charge in [0, 0.05) is 23.4 Å². The molecule has 2 aromatic heterocycles. The van der Waals surface area contributed by atoms with E-state index in [1.165, 1.54) is 5.56 Å². The van der Waals surface area contributed by atoms with Crippen molar-refractivity contribution in [2.75, 3.05) is 4.90 Å². The minimum atomic E-state index is 0.226. The molecule has 0 spiro atoms. The summed E-state index contributed by atoms with van der Waals surface area (Å²) in [6.07, 6.45) is 4.01. The van der Waals surface area contributed by atoms with Crippen molar-refractivity contribution < 1.29 is 0 Å². The first kappa shape index (κ1) is 14.2. The molecule has 0 aliphatic carbocycles. The third-order valence-electron chi connectivity index (χ3n) is 4.55. The van der Waals surface area contributed by atoms with Gasteiger partial charge in [-0.15, -0.1) is 0 Å². The molecule has 1 unspecified atom stereocenters. The van der Waals surface area contributed by atoms with Crippen molar-refractivity contribution in [1.82, 2.24) is 9.97 Å². The van der Waals surface area contributed by atoms with Gasteiger partial charge in [-0.25, -0.2) is 9.98 Å². The lowest BCUT2D eigenvalue weighted by Gasteiger charge is -2.36. The summed E-state index contributed by atoms with van der Waals surface area (Å²) in [5.41, 5.74) is 6.77. The van der Waals surface area contributed by atoms with Gasteiger partial charge in [-0.2, -0.15) is 0 Å². The van der Waals surface area contributed by atoms with Gasteiger partial charge < -0.3 is 0 Å². The van der Waals surface area contributed by atoms with E-state index >= 15 is 0 Å². The van der Waals surface area contributed by atoms with Crippen molar-refractivity contribution >= 4 is 30.5 Å². The zero-order chi connectivity index (χ0) is 16.3. The Hall–Kier alpha value is -2.43. The molecule has 4 rings (SSSR count). The Balaban J connectivity index is 2.06. The highest BCUT2D eigenvalue weighted by molar-refractivity contribution is 6.33. The van der Waals surface area contributed by atoms with Crippen LogP contribution in [0.1, 0.15) is 42.3 Å². The molecule has 4 nitrogen and oxygen atoms in total. The van der Waals surface area contributed by atoms with Crippen LogP contribution >= 0.6 is 0 Å². The first-order chi connectivity index (χ1) is 11.0. The fourth-order valence-corrected chi connectivity index (χ4v) is 3.27. The summed E-state index contributed by atoms with van der Waals surface area (Å²) in [5.74, 6) is 2.03. The van der Waals surface area contributed by atoms with E-state index in [2.05, 4.69) is 29.8 Å². The molecule has 0 fully saturated rings. The van der Waals surface area contributed by atoms with Crippen LogP contribution in [-0.2, 0) is 0 Å². The zero-order valence-corrected chi connectivity index (χ0v) is 13.8. The van der Waals surface area contributed by atoms with Crippen LogP contribution in [0.25, 0.3) is 0 Å². The maximum absolute atomic E-state index is 6.06. The van der Waals surface area contributed by atoms with Crippen molar-refractivity contribution in [3.8, 4) is 0 Å². The first-order valence-electron chi connectivity index (χ1n) is 7.77. The van der Waals surface area contributed by atoms with E-state index in [0.29, 0.717) is 5.46 Å². The molecule has 0 bridgehead atoms. The highest BCUT2D eigenvalue weighted by Gasteiger charge is 2.33. The standard InChI is InChI=1S/C18H17BN4/c1-9-5-6-20-16-10(2)7-15-21-11(3)13-8-14(19)12(4)22-18(13)23(15)17(9)16/h5-8,10H,1-4H3. The quantitative estimate of drug-likeness (QED) is 0.703. The lowest BCUT2D eigenvalue weighted by atomic mass is 9.90. The van der Waals surface area contributed by atoms with Gasteiger partial charge in [-0.1, -0.05) is 18.5 Å². The molecule has 5 heteroatoms. The number of aryl methyl sites for hydroxylation is 2. The molecule has 0 saturated heterocycles. The highest BCUT2D eigenvalue weighted by atomic mass is 15.3. The third-order valence-corrected chi connectivity index (χ3v) is 4.55. The normalized spacial score (nSPS) is 18.6. The molecular formula is C18H17BN4. The predicted molar refractivity (Wildman–Crippen MR) is 94.2 cm³/mol. The molecule has 112 valence electrons. The molecule has 0 amide bonds. The van der Waals surface area contributed by atoms with Crippen LogP contribution in [0, 0.1) is 13.8 Å². The summed E-state index contributed by atoms with van der Waals surface area (Å²) < 4.78 is 0. The van der Waals surface area contributed by atoms with Gasteiger partial charge in [-0.3, -0.25) is 9.88 Å². The summed E-state index contributed by atoms with van der Waals surface area (Å²) in [7, 11) is 6.06. The maximum Gasteiger partial charge on any atom is 0.148 e. The Bertz CT molecular complexity index is 898. The van der Waals surface area contributed by atoms with Gasteiger partial charge in [0.25, 0.3) is 0 Å². The summed E-state index contributed by atoms with van der Waals surface area (Å²) in [6, 6.07) is 4.00. The van der Waals surface area contributed by atoms with Crippen LogP contribution in [0.4, 0.5) is 11.5 Å². The molecule has 2 aromatic rings. The average Bonchev–Trinajstić information content (AvgIpc) is 2.50. The Morgan fingerprint density at radius 2 is 2.00 bits per heavy atom. The monoisotopic (exact) mass is 300 g/mol. The van der Waals surface area contributed by atoms with E-state index in [9.17, 15) is 0 Å². The molecule has 0 saturated carbocycles. The minimum Gasteiger partial charge on any atom is -0.277 e. The van der Waals surface area contributed by atoms with Gasteiger partial charge >= 0.3 is 0 Å². The van der Waals surface area contributed by atoms with Crippen LogP contribution in [0.15, 0.2) is 35.2 Å². The van der Waals surface area contributed by atoms with E-state index in [4.69, 9.17) is 17.8 Å². The molecule has 0 N–H and O–H groups in total. The van der Waals surface area contributed by atoms with E-state index in [0.717, 1.165) is 40.0 Å². The summed E-state index contributed by atoms with van der Waals surface area (Å²) in [6.45, 7) is 8.19. The molecule has 0 aromatic carbocycles. The van der Waals surface area contributed by atoms with E-state index in [1.54, 1.807) is 0 Å². The number of aliphatic imine (C=N–C) groups is 1. The number of anilines is 2. The topological polar surface area (TPSA) is 41.4 Å². The van der Waals surface area contributed by atoms with E-state index in [1.807, 2.05) is 32.2 Å². The van der Waals surface area contributed by atoms with Crippen LogP contribution < -0.4 is 10.4 Å². The summed E-state index contributed by atoms with van der Waals surface area (Å²) >= 11 is 0. The molecular weight excluding hydrogens is 283 g/mol. The SMILES string of the molecule is [B]c1cc2c(nc1C)N1C(=CC(C)c3nccc(C)c31)N=C2C. The predicted octanol–water partition coefficient (Wildman–Crippen LogP) is 2.81. The highest BCUT2D eigenvalue weighted by Crippen LogP contribution is 2.44. The second-order valence-corrected chi connectivity index (χ2v) is 6.24. The van der Waals surface area contributed by atoms with Crippen molar-refractivity contribution in [3.05, 3.63) is 52.7 Å². The second kappa shape index (κ2) is 4.78. The molecule has 2 radical (unpaired) electrons. The number of fused-ring (bicyclic) bond motifs is 5. The Kier molecular flexibility index (Phi) is 2.95. The Morgan fingerprint density at radius 1 is 1.22 bits per heavy atom. The van der Waals surface area contributed by atoms with Crippen molar-refractivity contribution in [1.29, 1.82) is 0 Å². The van der Waals surface area contributed by atoms with Crippen LogP contribution in [0.3, 0.4) is 0 Å². The fraction of sp³-hybridized carbons (Fsp3) is 0.278. The molecule has 4 heterocycles. The van der Waals surface area contributed by atoms with E-state index in [-0.39, 0.29) is 5.92 Å². The largest absolute Gasteiger partial charge is 0.277 e. The lowest BCUT2D eigenvalue weighted by molar-refractivity contribution is 0.835. The van der Waals surface area contributed by atoms with Crippen molar-refractivity contribution in [2.24, 2.45) is 4.99 Å². The molecule has 23 heavy (non-hydrogen) atoms. The van der Waals surface area contributed by atoms with Gasteiger partial charge in [0.2, 0.25) is 0 Å². The Labute approximate surface area is 137 Å². The number of hydrogen-bond donors (Lipinski definition) is 0. The van der Waals surface area contributed by atoms with Gasteiger partial charge in [0.05, 0.1) is 17.1 Å². The third kappa shape index (κ3) is 1.96. The maximum atomic E-state index is 6.06. The van der Waals surface area contributed by atoms with Gasteiger partial charge in [-0.05, 0) is 38.5 Å². The van der Waals surface area contributed by atoms with Crippen LogP contribution in [0.2, 0.25) is 0 Å². The molecule has 2 aliphatic heterocycles. The number of aromatic nitrogens is 2. The summed E-state index contributed by atoms with van der Waals surface area (Å²) in [5, 5.41) is 0. The van der Waals surface area contributed by atoms with Crippen molar-refractivity contribution in [2.45, 2.75) is 33.6 Å². The summed E-state index contributed by atoms with van der Waals surface area (Å²) in [4.78, 5) is 16.3. The van der Waals surface area contributed by atoms with Gasteiger partial charge in [0.1, 0.15) is 19.5 Å². The van der Waals surface area contributed by atoms with Crippen molar-refractivity contribution in [3.63, 3.8) is 0 Å². The number of nitrogens with zero attached hydrogens (tertiary/aromatic N) is 4. The van der Waals surface area contributed by atoms with Crippen LogP contribution in [-0.4, -0.2) is 23.5 Å². The van der Waals surface area contributed by atoms with Crippen LogP contribution in [0.5, 0.6) is 0 Å². The number of hydrogen-bond acceptors (Lipinski definition) is 4.